The summed E-state index contributed by atoms with van der Waals surface area (Å²) in [6.45, 7) is 6.60. The van der Waals surface area contributed by atoms with E-state index in [4.69, 9.17) is 4.74 Å². The third-order valence-electron chi connectivity index (χ3n) is 4.46. The number of carbonyl (C=O) groups excluding carboxylic acids is 1. The van der Waals surface area contributed by atoms with Crippen molar-refractivity contribution in [1.29, 1.82) is 0 Å². The lowest BCUT2D eigenvalue weighted by Crippen LogP contribution is -2.17. The number of anilines is 1. The fraction of sp³-hybridized carbons (Fsp3) is 0.529. The monoisotopic (exact) mass is 397 g/mol. The third kappa shape index (κ3) is 3.64. The molecule has 0 spiro atoms. The van der Waals surface area contributed by atoms with Crippen molar-refractivity contribution in [3.8, 4) is 0 Å². The Hall–Kier alpha value is -1.87. The van der Waals surface area contributed by atoms with E-state index in [1.165, 1.54) is 23.7 Å². The van der Waals surface area contributed by atoms with Crippen LogP contribution in [0.3, 0.4) is 0 Å². The lowest BCUT2D eigenvalue weighted by Gasteiger charge is -2.18. The van der Waals surface area contributed by atoms with Gasteiger partial charge in [-0.1, -0.05) is 6.92 Å². The predicted molar refractivity (Wildman–Crippen MR) is 100 cm³/mol. The quantitative estimate of drug-likeness (QED) is 0.757. The summed E-state index contributed by atoms with van der Waals surface area (Å²) in [6, 6.07) is 0. The van der Waals surface area contributed by atoms with Crippen LogP contribution in [0, 0.1) is 5.92 Å². The van der Waals surface area contributed by atoms with Crippen LogP contribution in [0.4, 0.5) is 5.00 Å². The molecule has 2 heterocycles. The molecule has 1 atom stereocenters. The lowest BCUT2D eigenvalue weighted by atomic mass is 9.88. The van der Waals surface area contributed by atoms with Crippen LogP contribution in [-0.2, 0) is 34.1 Å². The highest BCUT2D eigenvalue weighted by atomic mass is 32.2. The van der Waals surface area contributed by atoms with Gasteiger partial charge in [0.05, 0.1) is 18.4 Å². The molecule has 26 heavy (non-hydrogen) atoms. The normalized spacial score (nSPS) is 17.0. The molecule has 0 saturated heterocycles. The number of fused-ring (bicyclic) bond motifs is 1. The van der Waals surface area contributed by atoms with Crippen molar-refractivity contribution in [2.45, 2.75) is 51.5 Å². The first-order valence-corrected chi connectivity index (χ1v) is 11.0. The van der Waals surface area contributed by atoms with E-state index < -0.39 is 16.0 Å². The first-order valence-electron chi connectivity index (χ1n) is 8.72. The molecule has 1 aliphatic carbocycles. The molecule has 1 aliphatic rings. The van der Waals surface area contributed by atoms with Gasteiger partial charge in [0.2, 0.25) is 0 Å². The molecule has 0 unspecified atom stereocenters. The second-order valence-electron chi connectivity index (χ2n) is 6.41. The minimum Gasteiger partial charge on any atom is -0.462 e. The van der Waals surface area contributed by atoms with Gasteiger partial charge >= 0.3 is 5.97 Å². The molecule has 0 radical (unpaired) electrons. The van der Waals surface area contributed by atoms with E-state index in [2.05, 4.69) is 16.7 Å². The van der Waals surface area contributed by atoms with Gasteiger partial charge in [-0.05, 0) is 44.6 Å². The average molecular weight is 398 g/mol. The van der Waals surface area contributed by atoms with Gasteiger partial charge in [-0.25, -0.2) is 13.2 Å². The van der Waals surface area contributed by atoms with Gasteiger partial charge in [-0.2, -0.15) is 5.10 Å². The molecule has 0 bridgehead atoms. The molecule has 9 heteroatoms. The van der Waals surface area contributed by atoms with E-state index >= 15 is 0 Å². The summed E-state index contributed by atoms with van der Waals surface area (Å²) in [5.41, 5.74) is 1.29. The van der Waals surface area contributed by atoms with Crippen LogP contribution < -0.4 is 4.72 Å². The maximum absolute atomic E-state index is 12.7. The van der Waals surface area contributed by atoms with Gasteiger partial charge in [0.1, 0.15) is 9.90 Å². The lowest BCUT2D eigenvalue weighted by molar-refractivity contribution is 0.0526. The molecule has 1 N–H and O–H groups in total. The summed E-state index contributed by atoms with van der Waals surface area (Å²) in [4.78, 5) is 13.6. The maximum Gasteiger partial charge on any atom is 0.341 e. The fourth-order valence-corrected chi connectivity index (χ4v) is 5.74. The molecule has 3 rings (SSSR count). The summed E-state index contributed by atoms with van der Waals surface area (Å²) >= 11 is 1.34. The van der Waals surface area contributed by atoms with E-state index in [0.29, 0.717) is 23.0 Å². The standard InChI is InChI=1S/C17H23N3O4S2/c1-4-20-10-12(9-18-20)26(22,23)19-16-15(17(21)24-5-2)13-7-6-11(3)8-14(13)25-16/h9-11,19H,4-8H2,1-3H3/t11-/m0/s1. The summed E-state index contributed by atoms with van der Waals surface area (Å²) in [5.74, 6) is 0.0462. The minimum atomic E-state index is -3.82. The molecule has 0 fully saturated rings. The smallest absolute Gasteiger partial charge is 0.341 e. The minimum absolute atomic E-state index is 0.0777. The first kappa shape index (κ1) is 18.9. The van der Waals surface area contributed by atoms with E-state index in [0.717, 1.165) is 29.7 Å². The summed E-state index contributed by atoms with van der Waals surface area (Å²) in [5, 5.41) is 4.35. The van der Waals surface area contributed by atoms with Crippen molar-refractivity contribution in [1.82, 2.24) is 9.78 Å². The molecule has 0 amide bonds. The Morgan fingerprint density at radius 1 is 1.46 bits per heavy atom. The molecular weight excluding hydrogens is 374 g/mol. The van der Waals surface area contributed by atoms with Crippen LogP contribution >= 0.6 is 11.3 Å². The van der Waals surface area contributed by atoms with Crippen molar-refractivity contribution in [2.24, 2.45) is 5.92 Å². The predicted octanol–water partition coefficient (Wildman–Crippen LogP) is 3.07. The fourth-order valence-electron chi connectivity index (χ4n) is 3.08. The molecule has 0 aromatic carbocycles. The van der Waals surface area contributed by atoms with Crippen molar-refractivity contribution in [3.05, 3.63) is 28.4 Å². The number of rotatable bonds is 6. The zero-order valence-corrected chi connectivity index (χ0v) is 16.7. The Labute approximate surface area is 157 Å². The second-order valence-corrected chi connectivity index (χ2v) is 9.20. The highest BCUT2D eigenvalue weighted by molar-refractivity contribution is 7.93. The highest BCUT2D eigenvalue weighted by Gasteiger charge is 2.30. The molecule has 0 aliphatic heterocycles. The number of hydrogen-bond donors (Lipinski definition) is 1. The molecule has 2 aromatic heterocycles. The van der Waals surface area contributed by atoms with Gasteiger partial charge in [-0.3, -0.25) is 9.40 Å². The van der Waals surface area contributed by atoms with E-state index in [1.54, 1.807) is 11.6 Å². The number of esters is 1. The first-order chi connectivity index (χ1) is 12.4. The molecule has 0 saturated carbocycles. The number of nitrogens with zero attached hydrogens (tertiary/aromatic N) is 2. The van der Waals surface area contributed by atoms with Gasteiger partial charge < -0.3 is 4.74 Å². The molecule has 142 valence electrons. The van der Waals surface area contributed by atoms with Gasteiger partial charge in [0.25, 0.3) is 10.0 Å². The van der Waals surface area contributed by atoms with Gasteiger partial charge in [0, 0.05) is 17.6 Å². The highest BCUT2D eigenvalue weighted by Crippen LogP contribution is 2.40. The van der Waals surface area contributed by atoms with Gasteiger partial charge in [0.15, 0.2) is 0 Å². The number of hydrogen-bond acceptors (Lipinski definition) is 6. The Bertz CT molecular complexity index is 915. The Morgan fingerprint density at radius 2 is 2.23 bits per heavy atom. The van der Waals surface area contributed by atoms with Crippen LogP contribution in [0.2, 0.25) is 0 Å². The second kappa shape index (κ2) is 7.40. The average Bonchev–Trinajstić information content (AvgIpc) is 3.18. The summed E-state index contributed by atoms with van der Waals surface area (Å²) in [7, 11) is -3.82. The van der Waals surface area contributed by atoms with Crippen molar-refractivity contribution in [2.75, 3.05) is 11.3 Å². The number of ether oxygens (including phenoxy) is 1. The Morgan fingerprint density at radius 3 is 2.88 bits per heavy atom. The number of carbonyl (C=O) groups is 1. The van der Waals surface area contributed by atoms with E-state index in [-0.39, 0.29) is 11.5 Å². The zero-order valence-electron chi connectivity index (χ0n) is 15.1. The SMILES string of the molecule is CCOC(=O)c1c(NS(=O)(=O)c2cnn(CC)c2)sc2c1CC[C@H](C)C2. The molecular formula is C17H23N3O4S2. The van der Waals surface area contributed by atoms with Gasteiger partial charge in [-0.15, -0.1) is 11.3 Å². The maximum atomic E-state index is 12.7. The third-order valence-corrected chi connectivity index (χ3v) is 7.07. The topological polar surface area (TPSA) is 90.3 Å². The number of aryl methyl sites for hydroxylation is 1. The van der Waals surface area contributed by atoms with Crippen molar-refractivity contribution in [3.63, 3.8) is 0 Å². The van der Waals surface area contributed by atoms with Crippen LogP contribution in [0.25, 0.3) is 0 Å². The number of aromatic nitrogens is 2. The van der Waals surface area contributed by atoms with Crippen LogP contribution in [0.1, 0.15) is 48.0 Å². The zero-order chi connectivity index (χ0) is 18.9. The largest absolute Gasteiger partial charge is 0.462 e. The summed E-state index contributed by atoms with van der Waals surface area (Å²) < 4.78 is 34.8. The van der Waals surface area contributed by atoms with Crippen LogP contribution in [0.5, 0.6) is 0 Å². The number of sulfonamides is 1. The number of nitrogens with one attached hydrogen (secondary N) is 1. The van der Waals surface area contributed by atoms with Crippen LogP contribution in [-0.4, -0.2) is 30.8 Å². The van der Waals surface area contributed by atoms with E-state index in [1.807, 2.05) is 6.92 Å². The molecule has 2 aromatic rings. The Balaban J connectivity index is 1.99. The van der Waals surface area contributed by atoms with E-state index in [9.17, 15) is 13.2 Å². The molecule has 7 nitrogen and oxygen atoms in total. The summed E-state index contributed by atoms with van der Waals surface area (Å²) in [6.07, 6.45) is 5.37. The Kier molecular flexibility index (Phi) is 5.38. The van der Waals surface area contributed by atoms with Crippen molar-refractivity contribution >= 4 is 32.3 Å². The van der Waals surface area contributed by atoms with Crippen LogP contribution in [0.15, 0.2) is 17.3 Å². The van der Waals surface area contributed by atoms with Crippen molar-refractivity contribution < 1.29 is 17.9 Å². The number of thiophene rings is 1.